The second-order valence-corrected chi connectivity index (χ2v) is 5.92. The third-order valence-corrected chi connectivity index (χ3v) is 4.65. The number of hydrogen-bond donors (Lipinski definition) is 1. The van der Waals surface area contributed by atoms with Gasteiger partial charge < -0.3 is 4.94 Å². The smallest absolute Gasteiger partial charge is 0.295 e. The molecule has 0 saturated carbocycles. The number of rotatable bonds is 3. The summed E-state index contributed by atoms with van der Waals surface area (Å²) in [6.07, 6.45) is 3.17. The summed E-state index contributed by atoms with van der Waals surface area (Å²) in [4.78, 5) is 14.8. The normalized spacial score (nSPS) is 20.0. The minimum absolute atomic E-state index is 0.104. The largest absolute Gasteiger partial charge is 0.302 e. The molecule has 0 amide bonds. The van der Waals surface area contributed by atoms with Gasteiger partial charge in [0.25, 0.3) is 5.70 Å². The molecule has 0 fully saturated rings. The summed E-state index contributed by atoms with van der Waals surface area (Å²) in [5.41, 5.74) is 4.39. The Bertz CT molecular complexity index is 680. The van der Waals surface area contributed by atoms with Crippen molar-refractivity contribution in [2.45, 2.75) is 17.8 Å². The lowest BCUT2D eigenvalue weighted by Gasteiger charge is -2.18. The van der Waals surface area contributed by atoms with E-state index < -0.39 is 4.92 Å². The van der Waals surface area contributed by atoms with Gasteiger partial charge in [0.2, 0.25) is 0 Å². The number of allylic oxidation sites excluding steroid dienone is 4. The van der Waals surface area contributed by atoms with Crippen LogP contribution in [0.2, 0.25) is 0 Å². The van der Waals surface area contributed by atoms with E-state index in [0.29, 0.717) is 0 Å². The average Bonchev–Trinajstić information content (AvgIpc) is 2.44. The highest BCUT2D eigenvalue weighted by Crippen LogP contribution is 2.32. The second kappa shape index (κ2) is 6.35. The molecule has 0 aromatic heterocycles. The first-order chi connectivity index (χ1) is 9.95. The van der Waals surface area contributed by atoms with E-state index in [2.05, 4.69) is 38.8 Å². The molecule has 21 heavy (non-hydrogen) atoms. The zero-order valence-corrected chi connectivity index (χ0v) is 13.7. The predicted molar refractivity (Wildman–Crippen MR) is 89.5 cm³/mol. The molecule has 0 heterocycles. The fourth-order valence-electron chi connectivity index (χ4n) is 2.08. The number of hydrogen-bond acceptors (Lipinski definition) is 5. The molecule has 2 rings (SSSR count). The Kier molecular flexibility index (Phi) is 4.73. The van der Waals surface area contributed by atoms with Crippen molar-refractivity contribution in [1.29, 1.82) is 0 Å². The number of nitrogens with zero attached hydrogens (tertiary/aromatic N) is 2. The second-order valence-electron chi connectivity index (χ2n) is 4.67. The van der Waals surface area contributed by atoms with Crippen LogP contribution in [0.1, 0.15) is 16.7 Å². The summed E-state index contributed by atoms with van der Waals surface area (Å²) in [6.45, 7) is 4.07. The molecule has 0 bridgehead atoms. The van der Waals surface area contributed by atoms with Gasteiger partial charge in [-0.3, -0.25) is 10.1 Å². The Morgan fingerprint density at radius 1 is 1.33 bits per heavy atom. The van der Waals surface area contributed by atoms with Gasteiger partial charge in [-0.15, -0.1) is 5.90 Å². The molecule has 6 nitrogen and oxygen atoms in total. The lowest BCUT2D eigenvalue weighted by atomic mass is 9.92. The molecule has 1 aromatic carbocycles. The van der Waals surface area contributed by atoms with Gasteiger partial charge >= 0.3 is 0 Å². The molecular weight excluding hydrogens is 385 g/mol. The maximum Gasteiger partial charge on any atom is 0.295 e. The van der Waals surface area contributed by atoms with Gasteiger partial charge in [-0.1, -0.05) is 52.0 Å². The molecular formula is C14H14IN3O3. The number of oxime groups is 1. The first kappa shape index (κ1) is 15.6. The molecule has 0 aliphatic heterocycles. The minimum Gasteiger partial charge on any atom is -0.302 e. The fourth-order valence-corrected chi connectivity index (χ4v) is 3.08. The molecule has 110 valence electrons. The summed E-state index contributed by atoms with van der Waals surface area (Å²) >= 11 is 2.10. The van der Waals surface area contributed by atoms with E-state index in [4.69, 9.17) is 5.90 Å². The number of nitro groups is 1. The van der Waals surface area contributed by atoms with Crippen molar-refractivity contribution in [2.75, 3.05) is 0 Å². The molecule has 1 unspecified atom stereocenters. The van der Waals surface area contributed by atoms with E-state index in [-0.39, 0.29) is 15.3 Å². The number of benzene rings is 1. The maximum atomic E-state index is 11.1. The highest BCUT2D eigenvalue weighted by Gasteiger charge is 2.33. The van der Waals surface area contributed by atoms with Crippen molar-refractivity contribution < 1.29 is 9.86 Å². The van der Waals surface area contributed by atoms with Crippen molar-refractivity contribution in [3.8, 4) is 0 Å². The highest BCUT2D eigenvalue weighted by atomic mass is 127. The fraction of sp³-hybridized carbons (Fsp3) is 0.214. The van der Waals surface area contributed by atoms with E-state index in [1.54, 1.807) is 6.08 Å². The monoisotopic (exact) mass is 399 g/mol. The molecule has 0 radical (unpaired) electrons. The summed E-state index contributed by atoms with van der Waals surface area (Å²) in [7, 11) is 0. The Morgan fingerprint density at radius 2 is 2.05 bits per heavy atom. The van der Waals surface area contributed by atoms with Crippen LogP contribution >= 0.6 is 22.6 Å². The number of aryl methyl sites for hydroxylation is 2. The predicted octanol–water partition coefficient (Wildman–Crippen LogP) is 2.91. The van der Waals surface area contributed by atoms with E-state index >= 15 is 0 Å². The van der Waals surface area contributed by atoms with E-state index in [0.717, 1.165) is 16.7 Å². The summed E-state index contributed by atoms with van der Waals surface area (Å²) in [5.74, 6) is 4.95. The Morgan fingerprint density at radius 3 is 2.62 bits per heavy atom. The summed E-state index contributed by atoms with van der Waals surface area (Å²) in [6, 6.07) is 6.07. The van der Waals surface area contributed by atoms with Crippen LogP contribution in [0.25, 0.3) is 5.57 Å². The third kappa shape index (κ3) is 3.13. The molecule has 0 spiro atoms. The molecule has 1 atom stereocenters. The zero-order valence-electron chi connectivity index (χ0n) is 11.5. The lowest BCUT2D eigenvalue weighted by molar-refractivity contribution is -0.415. The third-order valence-electron chi connectivity index (χ3n) is 3.38. The van der Waals surface area contributed by atoms with Gasteiger partial charge in [-0.25, -0.2) is 0 Å². The molecule has 1 aliphatic rings. The molecule has 1 aromatic rings. The van der Waals surface area contributed by atoms with Gasteiger partial charge in [0, 0.05) is 6.08 Å². The molecule has 1 aliphatic carbocycles. The number of halogens is 1. The average molecular weight is 399 g/mol. The van der Waals surface area contributed by atoms with E-state index in [1.165, 1.54) is 11.6 Å². The summed E-state index contributed by atoms with van der Waals surface area (Å²) < 4.78 is -0.307. The zero-order chi connectivity index (χ0) is 15.6. The maximum absolute atomic E-state index is 11.1. The van der Waals surface area contributed by atoms with Gasteiger partial charge in [-0.05, 0) is 36.1 Å². The van der Waals surface area contributed by atoms with Gasteiger partial charge in [0.05, 0.1) is 8.85 Å². The van der Waals surface area contributed by atoms with Gasteiger partial charge in [0.1, 0.15) is 0 Å². The number of nitrogens with two attached hydrogens (primary N) is 1. The van der Waals surface area contributed by atoms with Crippen molar-refractivity contribution >= 4 is 33.9 Å². The Balaban J connectivity index is 2.52. The molecule has 0 saturated heterocycles. The quantitative estimate of drug-likeness (QED) is 0.366. The van der Waals surface area contributed by atoms with Crippen LogP contribution in [0, 0.1) is 24.0 Å². The van der Waals surface area contributed by atoms with E-state index in [1.807, 2.05) is 26.0 Å². The number of alkyl halides is 1. The van der Waals surface area contributed by atoms with Crippen LogP contribution in [0.4, 0.5) is 0 Å². The van der Waals surface area contributed by atoms with Crippen LogP contribution in [-0.2, 0) is 4.94 Å². The SMILES string of the molecule is Cc1ccc(C2=CC=C([N+](=O)[O-])/C(=N/ON)C2I)cc1C. The summed E-state index contributed by atoms with van der Waals surface area (Å²) in [5, 5.41) is 14.7. The van der Waals surface area contributed by atoms with Gasteiger partial charge in [-0.2, -0.15) is 0 Å². The van der Waals surface area contributed by atoms with Crippen molar-refractivity contribution in [1.82, 2.24) is 0 Å². The van der Waals surface area contributed by atoms with Crippen molar-refractivity contribution in [2.24, 2.45) is 11.1 Å². The van der Waals surface area contributed by atoms with E-state index in [9.17, 15) is 10.1 Å². The van der Waals surface area contributed by atoms with Crippen LogP contribution in [0.5, 0.6) is 0 Å². The van der Waals surface area contributed by atoms with Crippen LogP contribution in [-0.4, -0.2) is 14.6 Å². The van der Waals surface area contributed by atoms with Crippen molar-refractivity contribution in [3.05, 3.63) is 62.9 Å². The topological polar surface area (TPSA) is 90.8 Å². The van der Waals surface area contributed by atoms with Crippen LogP contribution < -0.4 is 5.90 Å². The van der Waals surface area contributed by atoms with Crippen LogP contribution in [0.15, 0.2) is 41.2 Å². The van der Waals surface area contributed by atoms with Crippen molar-refractivity contribution in [3.63, 3.8) is 0 Å². The molecule has 7 heteroatoms. The molecule has 2 N–H and O–H groups in total. The van der Waals surface area contributed by atoms with Gasteiger partial charge in [0.15, 0.2) is 5.71 Å². The minimum atomic E-state index is -0.489. The standard InChI is InChI=1S/C14H14IN3O3/c1-8-3-4-10(7-9(8)2)11-5-6-12(18(19)20)14(13(11)15)17-21-16/h3-7,13H,16H2,1-2H3/b17-14-. The van der Waals surface area contributed by atoms with Crippen LogP contribution in [0.3, 0.4) is 0 Å². The first-order valence-electron chi connectivity index (χ1n) is 6.17. The lowest BCUT2D eigenvalue weighted by Crippen LogP contribution is -2.26. The Labute approximate surface area is 135 Å². The highest BCUT2D eigenvalue weighted by molar-refractivity contribution is 14.1. The first-order valence-corrected chi connectivity index (χ1v) is 7.42. The Hall–Kier alpha value is -1.74.